The molecule has 0 aliphatic rings. The lowest BCUT2D eigenvalue weighted by Crippen LogP contribution is -2.51. The zero-order chi connectivity index (χ0) is 27.0. The summed E-state index contributed by atoms with van der Waals surface area (Å²) >= 11 is 5.97. The first kappa shape index (κ1) is 28.2. The minimum Gasteiger partial charge on any atom is -0.354 e. The van der Waals surface area contributed by atoms with Crippen molar-refractivity contribution in [2.45, 2.75) is 44.7 Å². The predicted molar refractivity (Wildman–Crippen MR) is 147 cm³/mol. The maximum atomic E-state index is 13.8. The van der Waals surface area contributed by atoms with Crippen LogP contribution in [0.15, 0.2) is 83.8 Å². The van der Waals surface area contributed by atoms with Gasteiger partial charge >= 0.3 is 0 Å². The van der Waals surface area contributed by atoms with E-state index < -0.39 is 28.5 Å². The van der Waals surface area contributed by atoms with Crippen LogP contribution in [0.1, 0.15) is 31.4 Å². The zero-order valence-corrected chi connectivity index (χ0v) is 22.8. The number of nitrogens with zero attached hydrogens (tertiary/aromatic N) is 2. The van der Waals surface area contributed by atoms with Gasteiger partial charge in [-0.2, -0.15) is 0 Å². The van der Waals surface area contributed by atoms with Crippen molar-refractivity contribution in [3.63, 3.8) is 0 Å². The van der Waals surface area contributed by atoms with Gasteiger partial charge in [0.1, 0.15) is 12.6 Å². The van der Waals surface area contributed by atoms with Crippen LogP contribution in [0, 0.1) is 6.92 Å². The van der Waals surface area contributed by atoms with E-state index in [1.807, 2.05) is 44.2 Å². The Balaban J connectivity index is 1.99. The third kappa shape index (κ3) is 7.33. The second-order valence-corrected chi connectivity index (χ2v) is 11.1. The van der Waals surface area contributed by atoms with Crippen molar-refractivity contribution >= 4 is 39.1 Å². The highest BCUT2D eigenvalue weighted by atomic mass is 35.5. The summed E-state index contributed by atoms with van der Waals surface area (Å²) in [5, 5.41) is 3.23. The number of benzene rings is 3. The first-order chi connectivity index (χ1) is 17.6. The number of hydrogen-bond acceptors (Lipinski definition) is 4. The van der Waals surface area contributed by atoms with Gasteiger partial charge in [0, 0.05) is 18.1 Å². The van der Waals surface area contributed by atoms with Gasteiger partial charge in [-0.25, -0.2) is 8.42 Å². The van der Waals surface area contributed by atoms with Crippen LogP contribution in [0.25, 0.3) is 0 Å². The van der Waals surface area contributed by atoms with Crippen molar-refractivity contribution in [2.24, 2.45) is 0 Å². The first-order valence-corrected chi connectivity index (χ1v) is 13.9. The van der Waals surface area contributed by atoms with Crippen LogP contribution in [0.5, 0.6) is 0 Å². The summed E-state index contributed by atoms with van der Waals surface area (Å²) in [5.74, 6) is -0.797. The molecule has 1 atom stereocenters. The molecule has 2 amide bonds. The Morgan fingerprint density at radius 2 is 1.57 bits per heavy atom. The zero-order valence-electron chi connectivity index (χ0n) is 21.2. The molecule has 3 aromatic rings. The molecule has 0 spiro atoms. The Hall–Kier alpha value is -3.36. The summed E-state index contributed by atoms with van der Waals surface area (Å²) in [6, 6.07) is 21.2. The summed E-state index contributed by atoms with van der Waals surface area (Å²) in [6.45, 7) is 5.64. The van der Waals surface area contributed by atoms with E-state index in [0.29, 0.717) is 17.3 Å². The number of halogens is 1. The highest BCUT2D eigenvalue weighted by Crippen LogP contribution is 2.26. The van der Waals surface area contributed by atoms with Crippen LogP contribution in [0.3, 0.4) is 0 Å². The van der Waals surface area contributed by atoms with E-state index in [9.17, 15) is 18.0 Å². The number of aryl methyl sites for hydroxylation is 1. The van der Waals surface area contributed by atoms with Gasteiger partial charge in [0.2, 0.25) is 11.8 Å². The van der Waals surface area contributed by atoms with Gasteiger partial charge < -0.3 is 10.2 Å². The summed E-state index contributed by atoms with van der Waals surface area (Å²) < 4.78 is 28.5. The van der Waals surface area contributed by atoms with E-state index in [-0.39, 0.29) is 17.3 Å². The van der Waals surface area contributed by atoms with E-state index >= 15 is 0 Å². The van der Waals surface area contributed by atoms with Crippen LogP contribution >= 0.6 is 11.6 Å². The highest BCUT2D eigenvalue weighted by Gasteiger charge is 2.32. The molecule has 0 heterocycles. The van der Waals surface area contributed by atoms with Crippen molar-refractivity contribution in [3.8, 4) is 0 Å². The normalized spacial score (nSPS) is 12.0. The Morgan fingerprint density at radius 1 is 0.946 bits per heavy atom. The van der Waals surface area contributed by atoms with Crippen molar-refractivity contribution in [3.05, 3.63) is 95.0 Å². The Kier molecular flexibility index (Phi) is 9.72. The minimum atomic E-state index is -4.12. The molecule has 0 aliphatic heterocycles. The van der Waals surface area contributed by atoms with Crippen molar-refractivity contribution in [1.29, 1.82) is 0 Å². The molecule has 1 N–H and O–H groups in total. The number of amides is 2. The van der Waals surface area contributed by atoms with Gasteiger partial charge in [-0.05, 0) is 62.2 Å². The molecule has 37 heavy (non-hydrogen) atoms. The number of hydrogen-bond donors (Lipinski definition) is 1. The van der Waals surface area contributed by atoms with Gasteiger partial charge in [0.15, 0.2) is 0 Å². The molecule has 0 saturated heterocycles. The van der Waals surface area contributed by atoms with E-state index in [2.05, 4.69) is 5.32 Å². The largest absolute Gasteiger partial charge is 0.354 e. The van der Waals surface area contributed by atoms with E-state index in [1.165, 1.54) is 29.2 Å². The minimum absolute atomic E-state index is 0.00798. The molecule has 3 rings (SSSR count). The third-order valence-electron chi connectivity index (χ3n) is 5.91. The number of rotatable bonds is 11. The molecule has 0 aliphatic carbocycles. The molecule has 7 nitrogen and oxygen atoms in total. The highest BCUT2D eigenvalue weighted by molar-refractivity contribution is 7.92. The van der Waals surface area contributed by atoms with Gasteiger partial charge in [-0.1, -0.05) is 66.6 Å². The van der Waals surface area contributed by atoms with Crippen LogP contribution < -0.4 is 9.62 Å². The van der Waals surface area contributed by atoms with Crippen LogP contribution in [0.4, 0.5) is 5.69 Å². The fraction of sp³-hybridized carbons (Fsp3) is 0.286. The lowest BCUT2D eigenvalue weighted by Gasteiger charge is -2.32. The Bertz CT molecular complexity index is 1300. The second kappa shape index (κ2) is 12.7. The number of carbonyl (C=O) groups is 2. The Morgan fingerprint density at radius 3 is 2.16 bits per heavy atom. The van der Waals surface area contributed by atoms with Crippen LogP contribution in [0.2, 0.25) is 5.02 Å². The lowest BCUT2D eigenvalue weighted by atomic mass is 10.1. The summed E-state index contributed by atoms with van der Waals surface area (Å²) in [5.41, 5.74) is 2.12. The topological polar surface area (TPSA) is 86.8 Å². The number of carbonyl (C=O) groups excluding carboxylic acids is 2. The predicted octanol–water partition coefficient (Wildman–Crippen LogP) is 4.79. The van der Waals surface area contributed by atoms with Crippen molar-refractivity contribution in [2.75, 3.05) is 17.4 Å². The fourth-order valence-corrected chi connectivity index (χ4v) is 5.27. The van der Waals surface area contributed by atoms with E-state index in [4.69, 9.17) is 11.6 Å². The number of anilines is 1. The molecule has 1 unspecified atom stereocenters. The second-order valence-electron chi connectivity index (χ2n) is 8.78. The maximum Gasteiger partial charge on any atom is 0.264 e. The average molecular weight is 542 g/mol. The summed E-state index contributed by atoms with van der Waals surface area (Å²) in [7, 11) is -4.12. The lowest BCUT2D eigenvalue weighted by molar-refractivity contribution is -0.139. The van der Waals surface area contributed by atoms with Gasteiger partial charge in [0.25, 0.3) is 10.0 Å². The SMILES string of the molecule is CCCNC(=O)C(C)N(Cc1ccccc1)C(=O)CN(c1ccc(C)cc1)S(=O)(=O)c1ccc(Cl)cc1. The van der Waals surface area contributed by atoms with Crippen LogP contribution in [-0.2, 0) is 26.2 Å². The van der Waals surface area contributed by atoms with Gasteiger partial charge in [-0.3, -0.25) is 13.9 Å². The monoisotopic (exact) mass is 541 g/mol. The molecular weight excluding hydrogens is 510 g/mol. The molecular formula is C28H32ClN3O4S. The standard InChI is InChI=1S/C28H32ClN3O4S/c1-4-18-30-28(34)22(3)31(19-23-8-6-5-7-9-23)27(33)20-32(25-14-10-21(2)11-15-25)37(35,36)26-16-12-24(29)13-17-26/h5-17,22H,4,18-20H2,1-3H3,(H,30,34). The fourth-order valence-electron chi connectivity index (χ4n) is 3.73. The quantitative estimate of drug-likeness (QED) is 0.378. The molecule has 0 aromatic heterocycles. The summed E-state index contributed by atoms with van der Waals surface area (Å²) in [6.07, 6.45) is 0.756. The third-order valence-corrected chi connectivity index (χ3v) is 7.95. The maximum absolute atomic E-state index is 13.8. The number of nitrogens with one attached hydrogen (secondary N) is 1. The average Bonchev–Trinajstić information content (AvgIpc) is 2.89. The van der Waals surface area contributed by atoms with Crippen LogP contribution in [-0.4, -0.2) is 44.3 Å². The van der Waals surface area contributed by atoms with Crippen molar-refractivity contribution < 1.29 is 18.0 Å². The van der Waals surface area contributed by atoms with E-state index in [1.54, 1.807) is 31.2 Å². The molecule has 0 bridgehead atoms. The molecule has 196 valence electrons. The van der Waals surface area contributed by atoms with Gasteiger partial charge in [0.05, 0.1) is 10.6 Å². The Labute approximate surface area is 224 Å². The van der Waals surface area contributed by atoms with Gasteiger partial charge in [-0.15, -0.1) is 0 Å². The molecule has 9 heteroatoms. The molecule has 0 fully saturated rings. The van der Waals surface area contributed by atoms with E-state index in [0.717, 1.165) is 21.9 Å². The smallest absolute Gasteiger partial charge is 0.264 e. The number of sulfonamides is 1. The van der Waals surface area contributed by atoms with Crippen molar-refractivity contribution in [1.82, 2.24) is 10.2 Å². The summed E-state index contributed by atoms with van der Waals surface area (Å²) in [4.78, 5) is 28.0. The molecule has 3 aromatic carbocycles. The first-order valence-electron chi connectivity index (χ1n) is 12.1. The molecule has 0 saturated carbocycles. The molecule has 0 radical (unpaired) electrons.